The van der Waals surface area contributed by atoms with E-state index in [1.165, 1.54) is 24.1 Å². The summed E-state index contributed by atoms with van der Waals surface area (Å²) in [5.74, 6) is 0.671. The molecule has 0 aromatic heterocycles. The molecule has 5 nitrogen and oxygen atoms in total. The molecular formula is C12H16N2O3S. The highest BCUT2D eigenvalue weighted by molar-refractivity contribution is 7.97. The van der Waals surface area contributed by atoms with Gasteiger partial charge < -0.3 is 4.74 Å². The Bertz CT molecular complexity index is 391. The monoisotopic (exact) mass is 268 g/mol. The Morgan fingerprint density at radius 1 is 1.33 bits per heavy atom. The molecule has 0 bridgehead atoms. The highest BCUT2D eigenvalue weighted by Gasteiger charge is 2.13. The lowest BCUT2D eigenvalue weighted by Crippen LogP contribution is -2.24. The number of hydrogen-bond donors (Lipinski definition) is 1. The molecule has 1 N–H and O–H groups in total. The average Bonchev–Trinajstić information content (AvgIpc) is 2.40. The van der Waals surface area contributed by atoms with Crippen molar-refractivity contribution in [2.24, 2.45) is 5.92 Å². The molecule has 1 heterocycles. The molecule has 2 rings (SSSR count). The normalized spacial score (nSPS) is 16.7. The third-order valence-electron chi connectivity index (χ3n) is 2.95. The van der Waals surface area contributed by atoms with Crippen LogP contribution in [0, 0.1) is 16.0 Å². The zero-order valence-corrected chi connectivity index (χ0v) is 10.8. The number of rotatable bonds is 5. The van der Waals surface area contributed by atoms with Crippen molar-refractivity contribution in [2.45, 2.75) is 17.7 Å². The molecule has 0 radical (unpaired) electrons. The van der Waals surface area contributed by atoms with E-state index in [-0.39, 0.29) is 10.6 Å². The van der Waals surface area contributed by atoms with E-state index in [1.54, 1.807) is 12.1 Å². The van der Waals surface area contributed by atoms with E-state index in [1.807, 2.05) is 0 Å². The van der Waals surface area contributed by atoms with E-state index in [4.69, 9.17) is 4.74 Å². The summed E-state index contributed by atoms with van der Waals surface area (Å²) < 4.78 is 8.61. The van der Waals surface area contributed by atoms with Crippen LogP contribution in [0.5, 0.6) is 0 Å². The molecule has 0 spiro atoms. The molecule has 0 unspecified atom stereocenters. The van der Waals surface area contributed by atoms with Gasteiger partial charge in [0.2, 0.25) is 0 Å². The van der Waals surface area contributed by atoms with Gasteiger partial charge in [-0.05, 0) is 42.8 Å². The largest absolute Gasteiger partial charge is 0.381 e. The average molecular weight is 268 g/mol. The predicted octanol–water partition coefficient (Wildman–Crippen LogP) is 2.62. The second kappa shape index (κ2) is 6.72. The van der Waals surface area contributed by atoms with Crippen molar-refractivity contribution in [3.63, 3.8) is 0 Å². The van der Waals surface area contributed by atoms with Crippen LogP contribution in [0.15, 0.2) is 29.2 Å². The van der Waals surface area contributed by atoms with E-state index in [0.717, 1.165) is 37.5 Å². The van der Waals surface area contributed by atoms with Gasteiger partial charge in [0.05, 0.1) is 4.92 Å². The molecule has 6 heteroatoms. The number of nitro benzene ring substituents is 1. The molecule has 0 saturated carbocycles. The highest BCUT2D eigenvalue weighted by atomic mass is 32.2. The van der Waals surface area contributed by atoms with Crippen LogP contribution in [0.1, 0.15) is 12.8 Å². The number of nitrogens with zero attached hydrogens (tertiary/aromatic N) is 1. The summed E-state index contributed by atoms with van der Waals surface area (Å²) in [7, 11) is 0. The molecule has 1 aliphatic rings. The molecule has 1 aromatic carbocycles. The van der Waals surface area contributed by atoms with Crippen LogP contribution in [-0.2, 0) is 4.74 Å². The van der Waals surface area contributed by atoms with Gasteiger partial charge in [0.25, 0.3) is 5.69 Å². The predicted molar refractivity (Wildman–Crippen MR) is 70.5 cm³/mol. The van der Waals surface area contributed by atoms with Crippen LogP contribution in [0.3, 0.4) is 0 Å². The molecule has 1 fully saturated rings. The van der Waals surface area contributed by atoms with Gasteiger partial charge in [-0.25, -0.2) is 0 Å². The lowest BCUT2D eigenvalue weighted by molar-refractivity contribution is -0.384. The van der Waals surface area contributed by atoms with Crippen molar-refractivity contribution in [1.29, 1.82) is 0 Å². The first-order valence-corrected chi connectivity index (χ1v) is 6.79. The minimum atomic E-state index is -0.385. The Kier molecular flexibility index (Phi) is 4.98. The molecule has 0 amide bonds. The summed E-state index contributed by atoms with van der Waals surface area (Å²) in [6, 6.07) is 6.58. The van der Waals surface area contributed by atoms with Gasteiger partial charge >= 0.3 is 0 Å². The third kappa shape index (κ3) is 3.97. The van der Waals surface area contributed by atoms with Crippen LogP contribution in [0.4, 0.5) is 5.69 Å². The Labute approximate surface area is 110 Å². The van der Waals surface area contributed by atoms with Gasteiger partial charge in [0.1, 0.15) is 0 Å². The standard InChI is InChI=1S/C12H16N2O3S/c15-14(16)11-1-3-12(4-2-11)18-13-9-10-5-7-17-8-6-10/h1-4,10,13H,5-9H2. The number of nitrogens with one attached hydrogen (secondary N) is 1. The van der Waals surface area contributed by atoms with Crippen LogP contribution >= 0.6 is 11.9 Å². The first-order valence-electron chi connectivity index (χ1n) is 5.97. The highest BCUT2D eigenvalue weighted by Crippen LogP contribution is 2.20. The SMILES string of the molecule is O=[N+]([O-])c1ccc(SNCC2CCOCC2)cc1. The number of non-ortho nitro benzene ring substituents is 1. The summed E-state index contributed by atoms with van der Waals surface area (Å²) in [4.78, 5) is 11.1. The molecule has 1 saturated heterocycles. The summed E-state index contributed by atoms with van der Waals surface area (Å²) >= 11 is 1.52. The zero-order valence-electron chi connectivity index (χ0n) is 10.0. The molecule has 1 aliphatic heterocycles. The van der Waals surface area contributed by atoms with Gasteiger partial charge in [-0.15, -0.1) is 0 Å². The molecule has 0 aliphatic carbocycles. The summed E-state index contributed by atoms with van der Waals surface area (Å²) in [5, 5.41) is 10.5. The Morgan fingerprint density at radius 3 is 2.61 bits per heavy atom. The third-order valence-corrected chi connectivity index (χ3v) is 3.77. The van der Waals surface area contributed by atoms with Gasteiger partial charge in [0.15, 0.2) is 0 Å². The number of hydrogen-bond acceptors (Lipinski definition) is 5. The van der Waals surface area contributed by atoms with Gasteiger partial charge in [0, 0.05) is 36.8 Å². The van der Waals surface area contributed by atoms with Crippen LogP contribution < -0.4 is 4.72 Å². The molecule has 0 atom stereocenters. The Balaban J connectivity index is 1.74. The minimum absolute atomic E-state index is 0.128. The van der Waals surface area contributed by atoms with Crippen molar-refractivity contribution in [3.05, 3.63) is 34.4 Å². The van der Waals surface area contributed by atoms with Gasteiger partial charge in [-0.3, -0.25) is 14.8 Å². The van der Waals surface area contributed by atoms with Gasteiger partial charge in [-0.1, -0.05) is 0 Å². The first-order chi connectivity index (χ1) is 8.75. The van der Waals surface area contributed by atoms with E-state index >= 15 is 0 Å². The van der Waals surface area contributed by atoms with E-state index < -0.39 is 0 Å². The van der Waals surface area contributed by atoms with Crippen molar-refractivity contribution in [2.75, 3.05) is 19.8 Å². The second-order valence-corrected chi connectivity index (χ2v) is 5.22. The topological polar surface area (TPSA) is 64.4 Å². The van der Waals surface area contributed by atoms with Crippen molar-refractivity contribution in [3.8, 4) is 0 Å². The lowest BCUT2D eigenvalue weighted by Gasteiger charge is -2.21. The van der Waals surface area contributed by atoms with Crippen LogP contribution in [0.2, 0.25) is 0 Å². The molecule has 18 heavy (non-hydrogen) atoms. The van der Waals surface area contributed by atoms with Gasteiger partial charge in [-0.2, -0.15) is 0 Å². The molecule has 1 aromatic rings. The summed E-state index contributed by atoms with van der Waals surface area (Å²) in [6.45, 7) is 2.66. The maximum atomic E-state index is 10.5. The number of benzene rings is 1. The summed E-state index contributed by atoms with van der Waals surface area (Å²) in [6.07, 6.45) is 2.21. The summed E-state index contributed by atoms with van der Waals surface area (Å²) in [5.41, 5.74) is 0.128. The quantitative estimate of drug-likeness (QED) is 0.505. The van der Waals surface area contributed by atoms with E-state index in [2.05, 4.69) is 4.72 Å². The Morgan fingerprint density at radius 2 is 2.00 bits per heavy atom. The van der Waals surface area contributed by atoms with Crippen LogP contribution in [0.25, 0.3) is 0 Å². The smallest absolute Gasteiger partial charge is 0.269 e. The minimum Gasteiger partial charge on any atom is -0.381 e. The number of nitro groups is 1. The van der Waals surface area contributed by atoms with Crippen LogP contribution in [-0.4, -0.2) is 24.7 Å². The van der Waals surface area contributed by atoms with E-state index in [0.29, 0.717) is 5.92 Å². The maximum absolute atomic E-state index is 10.5. The first kappa shape index (κ1) is 13.3. The Hall–Kier alpha value is -1.11. The molecular weight excluding hydrogens is 252 g/mol. The molecule has 98 valence electrons. The van der Waals surface area contributed by atoms with E-state index in [9.17, 15) is 10.1 Å². The van der Waals surface area contributed by atoms with Crippen molar-refractivity contribution < 1.29 is 9.66 Å². The second-order valence-electron chi connectivity index (χ2n) is 4.26. The number of ether oxygens (including phenoxy) is 1. The fraction of sp³-hybridized carbons (Fsp3) is 0.500. The zero-order chi connectivity index (χ0) is 12.8. The van der Waals surface area contributed by atoms with Crippen molar-refractivity contribution >= 4 is 17.6 Å². The maximum Gasteiger partial charge on any atom is 0.269 e. The fourth-order valence-corrected chi connectivity index (χ4v) is 2.59. The fourth-order valence-electron chi connectivity index (χ4n) is 1.83. The van der Waals surface area contributed by atoms with Crippen molar-refractivity contribution in [1.82, 2.24) is 4.72 Å². The lowest BCUT2D eigenvalue weighted by atomic mass is 10.0.